The largest absolute Gasteiger partial charge is 0.480 e. The van der Waals surface area contributed by atoms with Crippen LogP contribution in [0.1, 0.15) is 33.6 Å². The summed E-state index contributed by atoms with van der Waals surface area (Å²) in [5, 5.41) is 17.2. The summed E-state index contributed by atoms with van der Waals surface area (Å²) in [5.41, 5.74) is 0. The molecule has 0 saturated heterocycles. The van der Waals surface area contributed by atoms with Crippen molar-refractivity contribution in [3.63, 3.8) is 0 Å². The second-order valence-corrected chi connectivity index (χ2v) is 9.31. The zero-order valence-electron chi connectivity index (χ0n) is 23.6. The van der Waals surface area contributed by atoms with Gasteiger partial charge < -0.3 is 40.0 Å². The number of carbonyl (C=O) groups is 5. The molecule has 0 aromatic rings. The third-order valence-corrected chi connectivity index (χ3v) is 5.66. The first-order valence-corrected chi connectivity index (χ1v) is 13.5. The number of rotatable bonds is 24. The van der Waals surface area contributed by atoms with Crippen molar-refractivity contribution >= 4 is 29.6 Å². The molecular weight excluding hydrogens is 528 g/mol. The van der Waals surface area contributed by atoms with Gasteiger partial charge in [0.15, 0.2) is 0 Å². The first-order valence-electron chi connectivity index (χ1n) is 13.5. The number of imide groups is 1. The van der Waals surface area contributed by atoms with E-state index in [1.807, 2.05) is 13.8 Å². The van der Waals surface area contributed by atoms with Crippen LogP contribution in [0.5, 0.6) is 0 Å². The van der Waals surface area contributed by atoms with Gasteiger partial charge in [0.25, 0.3) is 11.8 Å². The molecule has 0 aromatic heterocycles. The van der Waals surface area contributed by atoms with Crippen molar-refractivity contribution in [1.82, 2.24) is 20.9 Å². The molecule has 4 amide bonds. The molecule has 0 aromatic carbocycles. The van der Waals surface area contributed by atoms with Gasteiger partial charge in [-0.15, -0.1) is 0 Å². The Hall–Kier alpha value is -2.91. The van der Waals surface area contributed by atoms with Crippen molar-refractivity contribution in [1.29, 1.82) is 0 Å². The first-order chi connectivity index (χ1) is 19.1. The van der Waals surface area contributed by atoms with Crippen LogP contribution in [0.15, 0.2) is 12.2 Å². The molecule has 2 atom stereocenters. The summed E-state index contributed by atoms with van der Waals surface area (Å²) < 4.78 is 21.7. The highest BCUT2D eigenvalue weighted by Gasteiger charge is 2.25. The zero-order chi connectivity index (χ0) is 29.8. The minimum absolute atomic E-state index is 0.00851. The Balaban J connectivity index is 1.87. The van der Waals surface area contributed by atoms with Crippen LogP contribution in [-0.4, -0.2) is 124 Å². The van der Waals surface area contributed by atoms with Gasteiger partial charge in [-0.25, -0.2) is 0 Å². The molecule has 0 radical (unpaired) electrons. The van der Waals surface area contributed by atoms with Crippen LogP contribution in [0, 0.1) is 5.92 Å². The molecule has 0 unspecified atom stereocenters. The van der Waals surface area contributed by atoms with E-state index in [1.165, 1.54) is 19.1 Å². The van der Waals surface area contributed by atoms with Gasteiger partial charge in [0, 0.05) is 38.3 Å². The molecule has 0 bridgehead atoms. The summed E-state index contributed by atoms with van der Waals surface area (Å²) in [6.45, 7) is 9.39. The standard InChI is InChI=1S/C26H44N4O10/c1-19(2)24(25(34)29-20(3)26(35)36)28-8-4-11-37-13-15-39-17-18-40-16-14-38-12-9-27-21(31)7-10-30-22(32)5-6-23(30)33/h5-6,19-20,24,28H,4,7-18H2,1-3H3,(H,27,31)(H,29,34)(H,35,36)/t20-,24-/m0/s1. The van der Waals surface area contributed by atoms with E-state index in [0.29, 0.717) is 72.4 Å². The number of amides is 4. The zero-order valence-corrected chi connectivity index (χ0v) is 23.6. The Morgan fingerprint density at radius 1 is 0.825 bits per heavy atom. The summed E-state index contributed by atoms with van der Waals surface area (Å²) in [6, 6.07) is -1.42. The highest BCUT2D eigenvalue weighted by Crippen LogP contribution is 2.04. The lowest BCUT2D eigenvalue weighted by molar-refractivity contribution is -0.141. The molecule has 1 aliphatic heterocycles. The predicted molar refractivity (Wildman–Crippen MR) is 143 cm³/mol. The van der Waals surface area contributed by atoms with Crippen LogP contribution in [0.4, 0.5) is 0 Å². The van der Waals surface area contributed by atoms with Crippen molar-refractivity contribution in [3.05, 3.63) is 12.2 Å². The maximum absolute atomic E-state index is 12.2. The van der Waals surface area contributed by atoms with Crippen molar-refractivity contribution in [3.8, 4) is 0 Å². The second-order valence-electron chi connectivity index (χ2n) is 9.31. The summed E-state index contributed by atoms with van der Waals surface area (Å²) in [4.78, 5) is 58.8. The minimum Gasteiger partial charge on any atom is -0.480 e. The molecule has 14 heteroatoms. The Morgan fingerprint density at radius 2 is 1.35 bits per heavy atom. The fourth-order valence-electron chi connectivity index (χ4n) is 3.41. The second kappa shape index (κ2) is 20.9. The topological polar surface area (TPSA) is 182 Å². The molecule has 1 rings (SSSR count). The highest BCUT2D eigenvalue weighted by molar-refractivity contribution is 6.13. The quantitative estimate of drug-likeness (QED) is 0.0829. The third kappa shape index (κ3) is 15.6. The highest BCUT2D eigenvalue weighted by atomic mass is 16.6. The van der Waals surface area contributed by atoms with Crippen LogP contribution < -0.4 is 16.0 Å². The van der Waals surface area contributed by atoms with E-state index < -0.39 is 29.9 Å². The molecular formula is C26H44N4O10. The van der Waals surface area contributed by atoms with Crippen LogP contribution in [0.2, 0.25) is 0 Å². The number of carbonyl (C=O) groups excluding carboxylic acids is 4. The lowest BCUT2D eigenvalue weighted by atomic mass is 10.0. The number of carboxylic acid groups (broad SMARTS) is 1. The molecule has 0 fully saturated rings. The number of carboxylic acids is 1. The number of hydrogen-bond acceptors (Lipinski definition) is 10. The number of hydrogen-bond donors (Lipinski definition) is 4. The third-order valence-electron chi connectivity index (χ3n) is 5.66. The molecule has 1 heterocycles. The smallest absolute Gasteiger partial charge is 0.325 e. The van der Waals surface area contributed by atoms with Crippen molar-refractivity contribution in [2.24, 2.45) is 5.92 Å². The molecule has 1 aliphatic rings. The Labute approximate surface area is 235 Å². The fraction of sp³-hybridized carbons (Fsp3) is 0.731. The summed E-state index contributed by atoms with van der Waals surface area (Å²) in [5.74, 6) is -2.48. The van der Waals surface area contributed by atoms with Gasteiger partial charge in [0.1, 0.15) is 6.04 Å². The summed E-state index contributed by atoms with van der Waals surface area (Å²) in [6.07, 6.45) is 3.10. The molecule has 0 aliphatic carbocycles. The maximum Gasteiger partial charge on any atom is 0.325 e. The number of nitrogens with zero attached hydrogens (tertiary/aromatic N) is 1. The monoisotopic (exact) mass is 572 g/mol. The lowest BCUT2D eigenvalue weighted by Gasteiger charge is -2.23. The summed E-state index contributed by atoms with van der Waals surface area (Å²) in [7, 11) is 0. The lowest BCUT2D eigenvalue weighted by Crippen LogP contribution is -2.51. The SMILES string of the molecule is CC(C)[C@H](NCCCOCCOCCOCCOCCNC(=O)CCN1C(=O)C=CC1=O)C(=O)N[C@@H](C)C(=O)O. The van der Waals surface area contributed by atoms with Crippen molar-refractivity contribution in [2.75, 3.05) is 72.5 Å². The normalized spacial score (nSPS) is 14.6. The average Bonchev–Trinajstić information content (AvgIpc) is 3.22. The van der Waals surface area contributed by atoms with E-state index in [-0.39, 0.29) is 30.7 Å². The van der Waals surface area contributed by atoms with E-state index in [4.69, 9.17) is 24.1 Å². The molecule has 40 heavy (non-hydrogen) atoms. The number of aliphatic carboxylic acids is 1. The summed E-state index contributed by atoms with van der Waals surface area (Å²) >= 11 is 0. The Kier molecular flexibility index (Phi) is 18.4. The van der Waals surface area contributed by atoms with Crippen LogP contribution >= 0.6 is 0 Å². The van der Waals surface area contributed by atoms with E-state index >= 15 is 0 Å². The number of ether oxygens (including phenoxy) is 4. The van der Waals surface area contributed by atoms with Gasteiger partial charge in [-0.3, -0.25) is 28.9 Å². The minimum atomic E-state index is -1.08. The van der Waals surface area contributed by atoms with Crippen LogP contribution in [0.25, 0.3) is 0 Å². The van der Waals surface area contributed by atoms with Crippen LogP contribution in [0.3, 0.4) is 0 Å². The van der Waals surface area contributed by atoms with Gasteiger partial charge in [0.2, 0.25) is 11.8 Å². The Bertz CT molecular complexity index is 818. The molecule has 0 spiro atoms. The van der Waals surface area contributed by atoms with Gasteiger partial charge in [-0.05, 0) is 25.8 Å². The van der Waals surface area contributed by atoms with Crippen LogP contribution in [-0.2, 0) is 42.9 Å². The predicted octanol–water partition coefficient (Wildman–Crippen LogP) is -0.922. The van der Waals surface area contributed by atoms with Crippen molar-refractivity contribution < 1.29 is 48.0 Å². The van der Waals surface area contributed by atoms with E-state index in [9.17, 15) is 24.0 Å². The molecule has 4 N–H and O–H groups in total. The van der Waals surface area contributed by atoms with Gasteiger partial charge in [-0.2, -0.15) is 0 Å². The Morgan fingerprint density at radius 3 is 1.88 bits per heavy atom. The van der Waals surface area contributed by atoms with E-state index in [0.717, 1.165) is 4.90 Å². The fourth-order valence-corrected chi connectivity index (χ4v) is 3.41. The van der Waals surface area contributed by atoms with Crippen molar-refractivity contribution in [2.45, 2.75) is 45.7 Å². The average molecular weight is 573 g/mol. The molecule has 14 nitrogen and oxygen atoms in total. The molecule has 0 saturated carbocycles. The van der Waals surface area contributed by atoms with Gasteiger partial charge >= 0.3 is 5.97 Å². The van der Waals surface area contributed by atoms with E-state index in [2.05, 4.69) is 16.0 Å². The van der Waals surface area contributed by atoms with Gasteiger partial charge in [0.05, 0.1) is 52.3 Å². The maximum atomic E-state index is 12.2. The van der Waals surface area contributed by atoms with Gasteiger partial charge in [-0.1, -0.05) is 13.8 Å². The molecule has 228 valence electrons. The number of nitrogens with one attached hydrogen (secondary N) is 3. The first kappa shape index (κ1) is 35.1. The van der Waals surface area contributed by atoms with E-state index in [1.54, 1.807) is 0 Å².